The third kappa shape index (κ3) is 6.85. The summed E-state index contributed by atoms with van der Waals surface area (Å²) in [5, 5.41) is 0.740. The summed E-state index contributed by atoms with van der Waals surface area (Å²) in [4.78, 5) is 0. The second-order valence-corrected chi connectivity index (χ2v) is 4.33. The summed E-state index contributed by atoms with van der Waals surface area (Å²) in [5.74, 6) is 7.17. The van der Waals surface area contributed by atoms with Crippen molar-refractivity contribution in [1.82, 2.24) is 0 Å². The molecule has 2 fully saturated rings. The minimum Gasteiger partial charge on any atom is -0.0888 e. The van der Waals surface area contributed by atoms with Crippen LogP contribution in [0.25, 0.3) is 0 Å². The summed E-state index contributed by atoms with van der Waals surface area (Å²) in [6.45, 7) is 0. The van der Waals surface area contributed by atoms with Gasteiger partial charge in [0.25, 0.3) is 0 Å². The summed E-state index contributed by atoms with van der Waals surface area (Å²) < 4.78 is 0. The van der Waals surface area contributed by atoms with Crippen LogP contribution in [0.5, 0.6) is 0 Å². The molecule has 0 spiro atoms. The molecule has 2 saturated carbocycles. The second-order valence-electron chi connectivity index (χ2n) is 3.89. The van der Waals surface area contributed by atoms with Crippen molar-refractivity contribution in [3.05, 3.63) is 98.6 Å². The van der Waals surface area contributed by atoms with Gasteiger partial charge in [0, 0.05) is 10.6 Å². The fourth-order valence-electron chi connectivity index (χ4n) is 1.46. The molecule has 10 radical (unpaired) electrons. The standard InChI is InChI=1S/C13H8Cl.C5H5.Fe/c14-13-9-7-12(8-10-13)6-5-11-3-1-2-4-11;1-2-4-5-3-1;/h1-4,7-10H;1-5H;/q;;+2. The third-order valence-corrected chi connectivity index (χ3v) is 2.67. The Kier molecular flexibility index (Phi) is 9.12. The molecule has 0 unspecified atom stereocenters. The van der Waals surface area contributed by atoms with E-state index in [4.69, 9.17) is 11.6 Å². The van der Waals surface area contributed by atoms with Crippen LogP contribution < -0.4 is 0 Å². The largest absolute Gasteiger partial charge is 2.00 e. The molecule has 0 bridgehead atoms. The Morgan fingerprint density at radius 2 is 1.15 bits per heavy atom. The topological polar surface area (TPSA) is 0 Å². The van der Waals surface area contributed by atoms with Gasteiger partial charge in [0.2, 0.25) is 0 Å². The summed E-state index contributed by atoms with van der Waals surface area (Å²) in [5.41, 5.74) is 0.982. The maximum absolute atomic E-state index is 5.76. The molecule has 0 saturated heterocycles. The molecule has 0 aromatic heterocycles. The van der Waals surface area contributed by atoms with Gasteiger partial charge in [0.1, 0.15) is 0 Å². The van der Waals surface area contributed by atoms with Gasteiger partial charge >= 0.3 is 17.1 Å². The average molecular weight is 321 g/mol. The van der Waals surface area contributed by atoms with E-state index < -0.39 is 0 Å². The van der Waals surface area contributed by atoms with Crippen molar-refractivity contribution in [3.8, 4) is 11.8 Å². The van der Waals surface area contributed by atoms with Gasteiger partial charge in [0.05, 0.1) is 5.92 Å². The molecule has 0 N–H and O–H groups in total. The van der Waals surface area contributed by atoms with Crippen molar-refractivity contribution in [2.24, 2.45) is 0 Å². The van der Waals surface area contributed by atoms with Gasteiger partial charge in [-0.25, -0.2) is 0 Å². The van der Waals surface area contributed by atoms with Crippen molar-refractivity contribution in [2.75, 3.05) is 0 Å². The van der Waals surface area contributed by atoms with Crippen molar-refractivity contribution in [3.63, 3.8) is 0 Å². The number of halogens is 1. The fraction of sp³-hybridized carbons (Fsp3) is 0. The molecule has 3 rings (SSSR count). The van der Waals surface area contributed by atoms with Crippen LogP contribution in [0.3, 0.4) is 0 Å². The molecule has 0 nitrogen and oxygen atoms in total. The first-order valence-corrected chi connectivity index (χ1v) is 6.38. The molecule has 0 amide bonds. The summed E-state index contributed by atoms with van der Waals surface area (Å²) in [6, 6.07) is 7.52. The molecule has 2 aliphatic rings. The second kappa shape index (κ2) is 10.3. The first-order valence-electron chi connectivity index (χ1n) is 6.00. The van der Waals surface area contributed by atoms with E-state index in [1.165, 1.54) is 0 Å². The van der Waals surface area contributed by atoms with Gasteiger partial charge in [0.15, 0.2) is 0 Å². The fourth-order valence-corrected chi connectivity index (χ4v) is 1.58. The maximum Gasteiger partial charge on any atom is 2.00 e. The first kappa shape index (κ1) is 17.6. The van der Waals surface area contributed by atoms with Crippen LogP contribution in [0.15, 0.2) is 24.3 Å². The van der Waals surface area contributed by atoms with Crippen LogP contribution in [-0.4, -0.2) is 0 Å². The van der Waals surface area contributed by atoms with Gasteiger partial charge in [-0.3, -0.25) is 0 Å². The molecule has 2 heteroatoms. The molecule has 0 aliphatic heterocycles. The maximum atomic E-state index is 5.76. The summed E-state index contributed by atoms with van der Waals surface area (Å²) in [7, 11) is 0. The van der Waals surface area contributed by atoms with Crippen molar-refractivity contribution in [1.29, 1.82) is 0 Å². The van der Waals surface area contributed by atoms with Crippen LogP contribution in [-0.2, 0) is 17.1 Å². The van der Waals surface area contributed by atoms with Gasteiger partial charge in [-0.1, -0.05) is 23.4 Å². The normalized spacial score (nSPS) is 17.4. The molecule has 20 heavy (non-hydrogen) atoms. The van der Waals surface area contributed by atoms with Gasteiger partial charge in [-0.2, -0.15) is 0 Å². The van der Waals surface area contributed by atoms with Crippen LogP contribution >= 0.6 is 11.6 Å². The zero-order valence-electron chi connectivity index (χ0n) is 10.7. The Hall–Kier alpha value is -0.411. The van der Waals surface area contributed by atoms with Crippen LogP contribution in [0.2, 0.25) is 5.02 Å². The van der Waals surface area contributed by atoms with Crippen LogP contribution in [0.4, 0.5) is 0 Å². The smallest absolute Gasteiger partial charge is 0.0888 e. The number of rotatable bonds is 0. The summed E-state index contributed by atoms with van der Waals surface area (Å²) >= 11 is 5.76. The molecular formula is C18H13ClFe+2. The number of hydrogen-bond acceptors (Lipinski definition) is 0. The third-order valence-electron chi connectivity index (χ3n) is 2.41. The monoisotopic (exact) mass is 320 g/mol. The molecule has 0 heterocycles. The Morgan fingerprint density at radius 1 is 0.650 bits per heavy atom. The minimum absolute atomic E-state index is 0. The van der Waals surface area contributed by atoms with E-state index in [0.717, 1.165) is 16.5 Å². The minimum atomic E-state index is 0. The van der Waals surface area contributed by atoms with E-state index in [0.29, 0.717) is 0 Å². The van der Waals surface area contributed by atoms with Crippen molar-refractivity contribution >= 4 is 11.6 Å². The molecule has 1 aromatic rings. The Balaban J connectivity index is 0.000000283. The van der Waals surface area contributed by atoms with E-state index in [9.17, 15) is 0 Å². The quantitative estimate of drug-likeness (QED) is 0.498. The predicted molar refractivity (Wildman–Crippen MR) is 80.3 cm³/mol. The Morgan fingerprint density at radius 3 is 1.65 bits per heavy atom. The van der Waals surface area contributed by atoms with Crippen molar-refractivity contribution in [2.45, 2.75) is 0 Å². The van der Waals surface area contributed by atoms with Crippen LogP contribution in [0.1, 0.15) is 5.56 Å². The zero-order valence-corrected chi connectivity index (χ0v) is 12.6. The van der Waals surface area contributed by atoms with Crippen molar-refractivity contribution < 1.29 is 17.1 Å². The van der Waals surface area contributed by atoms with E-state index in [1.807, 2.05) is 82.1 Å². The molecule has 0 atom stereocenters. The van der Waals surface area contributed by atoms with E-state index in [-0.39, 0.29) is 17.1 Å². The van der Waals surface area contributed by atoms with E-state index in [2.05, 4.69) is 11.8 Å². The molecule has 2 aliphatic carbocycles. The molecule has 98 valence electrons. The average Bonchev–Trinajstić information content (AvgIpc) is 3.14. The Labute approximate surface area is 139 Å². The number of benzene rings is 1. The molecular weight excluding hydrogens is 307 g/mol. The Bertz CT molecular complexity index is 409. The molecule has 1 aromatic carbocycles. The van der Waals surface area contributed by atoms with Gasteiger partial charge in [-0.15, -0.1) is 0 Å². The summed E-state index contributed by atoms with van der Waals surface area (Å²) in [6.07, 6.45) is 17.9. The SMILES string of the molecule is Clc1ccc(C#C[C]2[CH][CH][CH][CH]2)cc1.[CH]1[CH][CH][CH][CH]1.[Fe+2]. The van der Waals surface area contributed by atoms with Gasteiger partial charge in [-0.05, 0) is 82.1 Å². The van der Waals surface area contributed by atoms with Crippen LogP contribution in [0, 0.1) is 75.5 Å². The number of hydrogen-bond donors (Lipinski definition) is 0. The zero-order chi connectivity index (χ0) is 13.3. The first-order chi connectivity index (χ1) is 9.34. The predicted octanol–water partition coefficient (Wildman–Crippen LogP) is 4.12. The van der Waals surface area contributed by atoms with E-state index >= 15 is 0 Å². The van der Waals surface area contributed by atoms with E-state index in [1.54, 1.807) is 0 Å². The van der Waals surface area contributed by atoms with Gasteiger partial charge < -0.3 is 0 Å².